The Balaban J connectivity index is 2.90. The van der Waals surface area contributed by atoms with Gasteiger partial charge in [0.25, 0.3) is 11.6 Å². The summed E-state index contributed by atoms with van der Waals surface area (Å²) < 4.78 is 11.5. The number of nitro groups is 1. The van der Waals surface area contributed by atoms with Crippen molar-refractivity contribution < 1.29 is 13.9 Å². The summed E-state index contributed by atoms with van der Waals surface area (Å²) in [5.74, 6) is -0.105. The fourth-order valence-corrected chi connectivity index (χ4v) is 2.71. The lowest BCUT2D eigenvalue weighted by molar-refractivity contribution is -0.384. The van der Waals surface area contributed by atoms with E-state index in [-0.39, 0.29) is 17.3 Å². The molecular formula is C11H13BrN2O4S. The summed E-state index contributed by atoms with van der Waals surface area (Å²) in [6.45, 7) is 1.73. The number of amides is 1. The van der Waals surface area contributed by atoms with E-state index in [1.165, 1.54) is 18.2 Å². The van der Waals surface area contributed by atoms with Crippen molar-refractivity contribution in [3.05, 3.63) is 38.3 Å². The number of rotatable bonds is 5. The number of halogens is 1. The van der Waals surface area contributed by atoms with Crippen LogP contribution in [0.3, 0.4) is 0 Å². The Morgan fingerprint density at radius 2 is 2.21 bits per heavy atom. The van der Waals surface area contributed by atoms with Crippen molar-refractivity contribution in [1.82, 2.24) is 5.32 Å². The molecule has 0 aliphatic heterocycles. The Bertz CT molecular complexity index is 535. The van der Waals surface area contributed by atoms with Crippen LogP contribution in [0.2, 0.25) is 0 Å². The van der Waals surface area contributed by atoms with Gasteiger partial charge < -0.3 is 5.32 Å². The molecule has 0 aliphatic rings. The smallest absolute Gasteiger partial charge is 0.270 e. The Morgan fingerprint density at radius 1 is 1.58 bits per heavy atom. The molecule has 0 aromatic heterocycles. The lowest BCUT2D eigenvalue weighted by atomic mass is 10.2. The molecule has 8 heteroatoms. The first-order valence-electron chi connectivity index (χ1n) is 5.36. The van der Waals surface area contributed by atoms with Crippen molar-refractivity contribution >= 4 is 38.3 Å². The predicted molar refractivity (Wildman–Crippen MR) is 76.7 cm³/mol. The normalized spacial score (nSPS) is 13.6. The summed E-state index contributed by atoms with van der Waals surface area (Å²) >= 11 is 3.18. The zero-order chi connectivity index (χ0) is 14.6. The van der Waals surface area contributed by atoms with E-state index in [2.05, 4.69) is 21.2 Å². The zero-order valence-electron chi connectivity index (χ0n) is 10.4. The molecule has 1 aromatic carbocycles. The molecule has 0 saturated carbocycles. The van der Waals surface area contributed by atoms with Crippen LogP contribution in [-0.2, 0) is 10.8 Å². The maximum absolute atomic E-state index is 12.0. The predicted octanol–water partition coefficient (Wildman–Crippen LogP) is 1.85. The second kappa shape index (κ2) is 6.76. The van der Waals surface area contributed by atoms with Gasteiger partial charge in [-0.3, -0.25) is 19.1 Å². The largest absolute Gasteiger partial charge is 0.349 e. The number of nitrogens with zero attached hydrogens (tertiary/aromatic N) is 1. The number of non-ortho nitro benzene ring substituents is 1. The maximum atomic E-state index is 12.0. The number of carbonyl (C=O) groups excluding carboxylic acids is 1. The zero-order valence-corrected chi connectivity index (χ0v) is 12.8. The number of carbonyl (C=O) groups is 1. The highest BCUT2D eigenvalue weighted by Gasteiger charge is 2.17. The quantitative estimate of drug-likeness (QED) is 0.649. The van der Waals surface area contributed by atoms with E-state index < -0.39 is 21.6 Å². The monoisotopic (exact) mass is 348 g/mol. The molecule has 0 bridgehead atoms. The van der Waals surface area contributed by atoms with Gasteiger partial charge in [-0.15, -0.1) is 0 Å². The van der Waals surface area contributed by atoms with Crippen LogP contribution < -0.4 is 5.32 Å². The van der Waals surface area contributed by atoms with Crippen molar-refractivity contribution in [2.45, 2.75) is 13.0 Å². The van der Waals surface area contributed by atoms with E-state index in [0.29, 0.717) is 10.2 Å². The summed E-state index contributed by atoms with van der Waals surface area (Å²) in [7, 11) is -1.02. The molecule has 0 aliphatic carbocycles. The molecule has 0 spiro atoms. The summed E-state index contributed by atoms with van der Waals surface area (Å²) in [4.78, 5) is 22.1. The minimum atomic E-state index is -1.02. The number of benzene rings is 1. The van der Waals surface area contributed by atoms with Crippen LogP contribution in [0.25, 0.3) is 0 Å². The molecule has 104 valence electrons. The Hall–Kier alpha value is -1.28. The van der Waals surface area contributed by atoms with Gasteiger partial charge in [0.1, 0.15) is 0 Å². The molecule has 19 heavy (non-hydrogen) atoms. The second-order valence-corrected chi connectivity index (χ2v) is 6.37. The molecule has 1 N–H and O–H groups in total. The number of nitro benzene ring substituents is 1. The van der Waals surface area contributed by atoms with Gasteiger partial charge in [0.2, 0.25) is 0 Å². The first-order valence-corrected chi connectivity index (χ1v) is 7.88. The van der Waals surface area contributed by atoms with Gasteiger partial charge in [0.15, 0.2) is 0 Å². The average molecular weight is 349 g/mol. The van der Waals surface area contributed by atoms with E-state index in [9.17, 15) is 19.1 Å². The fraction of sp³-hybridized carbons (Fsp3) is 0.364. The lowest BCUT2D eigenvalue weighted by Gasteiger charge is -2.13. The second-order valence-electron chi connectivity index (χ2n) is 4.04. The average Bonchev–Trinajstić information content (AvgIpc) is 2.27. The third-order valence-electron chi connectivity index (χ3n) is 2.27. The van der Waals surface area contributed by atoms with E-state index >= 15 is 0 Å². The summed E-state index contributed by atoms with van der Waals surface area (Å²) in [5.41, 5.74) is 0.0306. The van der Waals surface area contributed by atoms with Gasteiger partial charge in [0.05, 0.1) is 10.5 Å². The molecule has 1 rings (SSSR count). The molecule has 2 unspecified atom stereocenters. The Kier molecular flexibility index (Phi) is 5.61. The third kappa shape index (κ3) is 4.71. The minimum absolute atomic E-state index is 0.153. The highest BCUT2D eigenvalue weighted by Crippen LogP contribution is 2.22. The summed E-state index contributed by atoms with van der Waals surface area (Å²) in [6.07, 6.45) is 1.55. The molecule has 0 radical (unpaired) electrons. The van der Waals surface area contributed by atoms with Crippen LogP contribution in [0.1, 0.15) is 17.3 Å². The highest BCUT2D eigenvalue weighted by molar-refractivity contribution is 9.10. The van der Waals surface area contributed by atoms with Gasteiger partial charge in [-0.2, -0.15) is 0 Å². The third-order valence-corrected chi connectivity index (χ3v) is 3.93. The van der Waals surface area contributed by atoms with Crippen LogP contribution >= 0.6 is 15.9 Å². The minimum Gasteiger partial charge on any atom is -0.349 e. The number of hydrogen-bond donors (Lipinski definition) is 1. The molecule has 0 heterocycles. The first kappa shape index (κ1) is 15.8. The van der Waals surface area contributed by atoms with Gasteiger partial charge in [-0.1, -0.05) is 0 Å². The SMILES string of the molecule is CC(CS(C)=O)NC(=O)c1cc([N+](=O)[O-])ccc1Br. The van der Waals surface area contributed by atoms with Crippen molar-refractivity contribution in [2.75, 3.05) is 12.0 Å². The standard InChI is InChI=1S/C11H13BrN2O4S/c1-7(6-19(2)18)13-11(15)9-5-8(14(16)17)3-4-10(9)12/h3-5,7H,6H2,1-2H3,(H,13,15). The molecular weight excluding hydrogens is 336 g/mol. The van der Waals surface area contributed by atoms with Gasteiger partial charge >= 0.3 is 0 Å². The Morgan fingerprint density at radius 3 is 2.74 bits per heavy atom. The number of nitrogens with one attached hydrogen (secondary N) is 1. The van der Waals surface area contributed by atoms with Crippen LogP contribution in [0.4, 0.5) is 5.69 Å². The van der Waals surface area contributed by atoms with E-state index in [0.717, 1.165) is 0 Å². The van der Waals surface area contributed by atoms with Gasteiger partial charge in [-0.25, -0.2) is 0 Å². The molecule has 0 saturated heterocycles. The maximum Gasteiger partial charge on any atom is 0.270 e. The van der Waals surface area contributed by atoms with Crippen molar-refractivity contribution in [2.24, 2.45) is 0 Å². The fourth-order valence-electron chi connectivity index (χ4n) is 1.50. The van der Waals surface area contributed by atoms with Crippen LogP contribution in [0, 0.1) is 10.1 Å². The molecule has 6 nitrogen and oxygen atoms in total. The first-order chi connectivity index (χ1) is 8.81. The van der Waals surface area contributed by atoms with Crippen LogP contribution in [0.5, 0.6) is 0 Å². The molecule has 2 atom stereocenters. The highest BCUT2D eigenvalue weighted by atomic mass is 79.9. The van der Waals surface area contributed by atoms with E-state index in [4.69, 9.17) is 0 Å². The number of hydrogen-bond acceptors (Lipinski definition) is 4. The van der Waals surface area contributed by atoms with E-state index in [1.54, 1.807) is 13.2 Å². The van der Waals surface area contributed by atoms with Crippen LogP contribution in [-0.4, -0.2) is 33.1 Å². The molecule has 1 amide bonds. The summed E-state index contributed by atoms with van der Waals surface area (Å²) in [6, 6.07) is 3.69. The van der Waals surface area contributed by atoms with Crippen LogP contribution in [0.15, 0.2) is 22.7 Å². The molecule has 0 fully saturated rings. The van der Waals surface area contributed by atoms with Crippen molar-refractivity contribution in [3.8, 4) is 0 Å². The van der Waals surface area contributed by atoms with E-state index in [1.807, 2.05) is 0 Å². The van der Waals surface area contributed by atoms with Crippen molar-refractivity contribution in [1.29, 1.82) is 0 Å². The lowest BCUT2D eigenvalue weighted by Crippen LogP contribution is -2.36. The summed E-state index contributed by atoms with van der Waals surface area (Å²) in [5, 5.41) is 13.3. The Labute approximate surface area is 121 Å². The topological polar surface area (TPSA) is 89.3 Å². The van der Waals surface area contributed by atoms with Gasteiger partial charge in [-0.05, 0) is 28.9 Å². The van der Waals surface area contributed by atoms with Gasteiger partial charge in [0, 0.05) is 45.5 Å². The van der Waals surface area contributed by atoms with Crippen molar-refractivity contribution in [3.63, 3.8) is 0 Å². The molecule has 1 aromatic rings.